The number of aliphatic hydroxyl groups excluding tert-OH is 1. The first kappa shape index (κ1) is 32.6. The summed E-state index contributed by atoms with van der Waals surface area (Å²) < 4.78 is 37.9. The molecule has 0 bridgehead atoms. The molecule has 0 unspecified atom stereocenters. The van der Waals surface area contributed by atoms with E-state index < -0.39 is 26.9 Å². The van der Waals surface area contributed by atoms with E-state index in [9.17, 15) is 18.3 Å². The van der Waals surface area contributed by atoms with Gasteiger partial charge in [-0.2, -0.15) is 0 Å². The van der Waals surface area contributed by atoms with Crippen LogP contribution in [-0.2, 0) is 14.8 Å². The van der Waals surface area contributed by atoms with Crippen molar-refractivity contribution in [1.82, 2.24) is 9.14 Å². The summed E-state index contributed by atoms with van der Waals surface area (Å²) in [7, 11) is -1.96. The molecule has 0 aromatic heterocycles. The van der Waals surface area contributed by atoms with E-state index in [4.69, 9.17) is 27.0 Å². The van der Waals surface area contributed by atoms with E-state index in [1.165, 1.54) is 0 Å². The number of hydrogen-bond donors (Lipinski definition) is 3. The van der Waals surface area contributed by atoms with Crippen LogP contribution >= 0.6 is 11.8 Å². The number of amides is 1. The van der Waals surface area contributed by atoms with Gasteiger partial charge in [0.25, 0.3) is 5.91 Å². The van der Waals surface area contributed by atoms with Crippen LogP contribution in [0.4, 0.5) is 0 Å². The van der Waals surface area contributed by atoms with Crippen molar-refractivity contribution in [1.29, 1.82) is 0 Å². The second kappa shape index (κ2) is 15.1. The highest BCUT2D eigenvalue weighted by molar-refractivity contribution is 7.90. The number of nitrogens with two attached hydrogens (primary N) is 1. The third kappa shape index (κ3) is 10.5. The number of hydrogen-bond acceptors (Lipinski definition) is 7. The largest absolute Gasteiger partial charge is 0.493 e. The Morgan fingerprint density at radius 1 is 1.19 bits per heavy atom. The van der Waals surface area contributed by atoms with Crippen LogP contribution in [0.1, 0.15) is 64.2 Å². The van der Waals surface area contributed by atoms with Crippen LogP contribution in [0.25, 0.3) is 0 Å². The van der Waals surface area contributed by atoms with E-state index in [1.807, 2.05) is 13.8 Å². The summed E-state index contributed by atoms with van der Waals surface area (Å²) in [5.41, 5.74) is 6.57. The molecule has 36 heavy (non-hydrogen) atoms. The molecule has 0 saturated heterocycles. The van der Waals surface area contributed by atoms with E-state index in [2.05, 4.69) is 4.72 Å². The number of nitrogens with zero attached hydrogens (tertiary/aromatic N) is 1. The van der Waals surface area contributed by atoms with Crippen molar-refractivity contribution in [2.75, 3.05) is 33.4 Å². The van der Waals surface area contributed by atoms with Gasteiger partial charge in [-0.05, 0) is 64.0 Å². The minimum atomic E-state index is -3.61. The standard InChI is InChI=1S/C25H44ClN3O6S/c1-18(2)19(15-21(27)22(30)16-28-36(32,33)25(3,4)5)17-29(26)24(31)20-11-7-8-12-23(20)35-14-10-9-13-34-6/h7-8,11-12,18-19,21-22,28,30H,9-10,13-17,27H2,1-6H3/t19-,21+,22+/m1/s1. The van der Waals surface area contributed by atoms with Gasteiger partial charge in [0.15, 0.2) is 0 Å². The fraction of sp³-hybridized carbons (Fsp3) is 0.720. The third-order valence-electron chi connectivity index (χ3n) is 6.03. The van der Waals surface area contributed by atoms with E-state index in [0.29, 0.717) is 30.9 Å². The molecule has 0 heterocycles. The lowest BCUT2D eigenvalue weighted by molar-refractivity contribution is 0.0816. The van der Waals surface area contributed by atoms with E-state index in [-0.39, 0.29) is 30.8 Å². The Labute approximate surface area is 221 Å². The molecule has 1 aromatic carbocycles. The second-order valence-corrected chi connectivity index (χ2v) is 13.3. The molecule has 0 fully saturated rings. The number of halogens is 1. The maximum atomic E-state index is 13.1. The van der Waals surface area contributed by atoms with Crippen molar-refractivity contribution in [3.05, 3.63) is 29.8 Å². The average Bonchev–Trinajstić information content (AvgIpc) is 2.80. The molecule has 1 rings (SSSR count). The van der Waals surface area contributed by atoms with Gasteiger partial charge in [0.1, 0.15) is 5.75 Å². The fourth-order valence-corrected chi connectivity index (χ4v) is 4.44. The number of aliphatic hydroxyl groups is 1. The molecule has 0 aliphatic rings. The average molecular weight is 550 g/mol. The minimum Gasteiger partial charge on any atom is -0.493 e. The van der Waals surface area contributed by atoms with Crippen LogP contribution < -0.4 is 15.2 Å². The lowest BCUT2D eigenvalue weighted by Crippen LogP contribution is -2.48. The summed E-state index contributed by atoms with van der Waals surface area (Å²) in [5.74, 6) is 0.0556. The van der Waals surface area contributed by atoms with Crippen LogP contribution in [-0.4, -0.2) is 74.2 Å². The highest BCUT2D eigenvalue weighted by Crippen LogP contribution is 2.25. The van der Waals surface area contributed by atoms with Gasteiger partial charge in [0.2, 0.25) is 10.0 Å². The summed E-state index contributed by atoms with van der Waals surface area (Å²) in [6.45, 7) is 9.81. The van der Waals surface area contributed by atoms with Crippen LogP contribution in [0, 0.1) is 11.8 Å². The zero-order valence-electron chi connectivity index (χ0n) is 22.4. The molecule has 9 nitrogen and oxygen atoms in total. The predicted octanol–water partition coefficient (Wildman–Crippen LogP) is 3.16. The highest BCUT2D eigenvalue weighted by Gasteiger charge is 2.31. The number of sulfonamides is 1. The van der Waals surface area contributed by atoms with Crippen LogP contribution in [0.5, 0.6) is 5.75 Å². The first-order valence-electron chi connectivity index (χ1n) is 12.3. The van der Waals surface area contributed by atoms with Crippen LogP contribution in [0.3, 0.4) is 0 Å². The number of para-hydroxylation sites is 1. The smallest absolute Gasteiger partial charge is 0.271 e. The van der Waals surface area contributed by atoms with Gasteiger partial charge < -0.3 is 20.3 Å². The van der Waals surface area contributed by atoms with E-state index in [0.717, 1.165) is 17.3 Å². The second-order valence-electron chi connectivity index (χ2n) is 10.3. The molecule has 0 radical (unpaired) electrons. The van der Waals surface area contributed by atoms with Crippen molar-refractivity contribution in [3.8, 4) is 5.75 Å². The normalized spacial score (nSPS) is 14.9. The lowest BCUT2D eigenvalue weighted by Gasteiger charge is -2.30. The maximum absolute atomic E-state index is 13.1. The Balaban J connectivity index is 2.78. The van der Waals surface area contributed by atoms with Gasteiger partial charge in [0.05, 0.1) is 23.0 Å². The Kier molecular flexibility index (Phi) is 13.7. The van der Waals surface area contributed by atoms with Gasteiger partial charge >= 0.3 is 0 Å². The Bertz CT molecular complexity index is 907. The molecule has 0 spiro atoms. The Hall–Kier alpha value is -1.43. The molecule has 0 saturated carbocycles. The number of carbonyl (C=O) groups excluding carboxylic acids is 1. The SMILES string of the molecule is COCCCCOc1ccccc1C(=O)N(Cl)C[C@@H](C[C@H](N)[C@@H](O)CNS(=O)(=O)C(C)(C)C)C(C)C. The van der Waals surface area contributed by atoms with E-state index >= 15 is 0 Å². The zero-order chi connectivity index (χ0) is 27.5. The molecular formula is C25H44ClN3O6S. The summed E-state index contributed by atoms with van der Waals surface area (Å²) in [6.07, 6.45) is 0.913. The predicted molar refractivity (Wildman–Crippen MR) is 144 cm³/mol. The van der Waals surface area contributed by atoms with Gasteiger partial charge in [-0.1, -0.05) is 26.0 Å². The number of unbranched alkanes of at least 4 members (excludes halogenated alkanes) is 1. The minimum absolute atomic E-state index is 0.107. The first-order chi connectivity index (χ1) is 16.7. The third-order valence-corrected chi connectivity index (χ3v) is 8.48. The van der Waals surface area contributed by atoms with Gasteiger partial charge in [-0.15, -0.1) is 0 Å². The van der Waals surface area contributed by atoms with Gasteiger partial charge in [-0.3, -0.25) is 9.21 Å². The molecular weight excluding hydrogens is 506 g/mol. The van der Waals surface area contributed by atoms with Crippen molar-refractivity contribution >= 4 is 27.7 Å². The van der Waals surface area contributed by atoms with Crippen LogP contribution in [0.2, 0.25) is 0 Å². The molecule has 0 aliphatic heterocycles. The lowest BCUT2D eigenvalue weighted by atomic mass is 9.87. The monoisotopic (exact) mass is 549 g/mol. The van der Waals surface area contributed by atoms with Gasteiger partial charge in [-0.25, -0.2) is 13.1 Å². The summed E-state index contributed by atoms with van der Waals surface area (Å²) in [6, 6.07) is 6.25. The van der Waals surface area contributed by atoms with Crippen LogP contribution in [0.15, 0.2) is 24.3 Å². The molecule has 3 atom stereocenters. The van der Waals surface area contributed by atoms with Crippen molar-refractivity contribution < 1.29 is 27.8 Å². The Morgan fingerprint density at radius 2 is 1.81 bits per heavy atom. The molecule has 1 aromatic rings. The van der Waals surface area contributed by atoms with Gasteiger partial charge in [0, 0.05) is 44.6 Å². The number of ether oxygens (including phenoxy) is 2. The molecule has 208 valence electrons. The molecule has 4 N–H and O–H groups in total. The van der Waals surface area contributed by atoms with Crippen molar-refractivity contribution in [2.45, 2.75) is 70.8 Å². The number of carbonyl (C=O) groups is 1. The fourth-order valence-electron chi connectivity index (χ4n) is 3.35. The van der Waals surface area contributed by atoms with E-state index in [1.54, 1.807) is 52.1 Å². The maximum Gasteiger partial charge on any atom is 0.271 e. The summed E-state index contributed by atoms with van der Waals surface area (Å²) >= 11 is 6.43. The number of rotatable bonds is 16. The summed E-state index contributed by atoms with van der Waals surface area (Å²) in [5, 5.41) is 10.5. The highest BCUT2D eigenvalue weighted by atomic mass is 35.5. The summed E-state index contributed by atoms with van der Waals surface area (Å²) in [4.78, 5) is 13.1. The number of methoxy groups -OCH3 is 1. The number of nitrogens with one attached hydrogen (secondary N) is 1. The van der Waals surface area contributed by atoms with Crippen molar-refractivity contribution in [3.63, 3.8) is 0 Å². The first-order valence-corrected chi connectivity index (χ1v) is 14.1. The quantitative estimate of drug-likeness (QED) is 0.213. The Morgan fingerprint density at radius 3 is 2.39 bits per heavy atom. The zero-order valence-corrected chi connectivity index (χ0v) is 23.9. The molecule has 1 amide bonds. The number of benzene rings is 1. The van der Waals surface area contributed by atoms with Crippen molar-refractivity contribution in [2.24, 2.45) is 17.6 Å². The topological polar surface area (TPSA) is 131 Å². The molecule has 0 aliphatic carbocycles. The molecule has 11 heteroatoms.